The molecule has 0 bridgehead atoms. The highest BCUT2D eigenvalue weighted by Crippen LogP contribution is 2.53. The monoisotopic (exact) mass is 737 g/mol. The zero-order chi connectivity index (χ0) is 38.7. The molecule has 2 aliphatic heterocycles. The number of para-hydroxylation sites is 4. The number of nitrogens with zero attached hydrogens (tertiary/aromatic N) is 1. The normalized spacial score (nSPS) is 14.2. The van der Waals surface area contributed by atoms with Gasteiger partial charge in [-0.3, -0.25) is 0 Å². The van der Waals surface area contributed by atoms with E-state index in [-0.39, 0.29) is 10.8 Å². The SMILES string of the molecule is CC1(C)c2ccccc2Oc2c(-c3ccc(N(c4ccc(-c5ccccc5)cc4)c4ccc(-c5cccc6c5Oc5ccccc5C6(C)C)cc4)cc3)cccc21. The van der Waals surface area contributed by atoms with Crippen molar-refractivity contribution in [1.29, 1.82) is 0 Å². The van der Waals surface area contributed by atoms with Crippen molar-refractivity contribution >= 4 is 17.1 Å². The Labute approximate surface area is 335 Å². The summed E-state index contributed by atoms with van der Waals surface area (Å²) >= 11 is 0. The maximum Gasteiger partial charge on any atom is 0.139 e. The standard InChI is InChI=1S/C54H43NO2/c1-53(2)45-18-8-10-22-49(45)56-51-43(16-12-20-47(51)53)38-26-32-41(33-27-38)55(40-30-24-37(25-31-40)36-14-6-5-7-15-36)42-34-28-39(29-35-42)44-17-13-21-48-52(44)57-50-23-11-9-19-46(50)54(48,3)4/h5-35H,1-4H3. The first kappa shape index (κ1) is 34.6. The molecule has 2 aliphatic rings. The van der Waals surface area contributed by atoms with Crippen LogP contribution in [0.15, 0.2) is 188 Å². The lowest BCUT2D eigenvalue weighted by molar-refractivity contribution is 0.419. The summed E-state index contributed by atoms with van der Waals surface area (Å²) in [6.45, 7) is 9.13. The predicted molar refractivity (Wildman–Crippen MR) is 235 cm³/mol. The zero-order valence-electron chi connectivity index (χ0n) is 32.7. The van der Waals surface area contributed by atoms with E-state index in [1.807, 2.05) is 12.1 Å². The minimum absolute atomic E-state index is 0.180. The number of hydrogen-bond donors (Lipinski definition) is 0. The lowest BCUT2D eigenvalue weighted by atomic mass is 9.75. The van der Waals surface area contributed by atoms with Gasteiger partial charge in [-0.25, -0.2) is 0 Å². The smallest absolute Gasteiger partial charge is 0.139 e. The maximum atomic E-state index is 6.65. The molecule has 2 heterocycles. The number of hydrogen-bond acceptors (Lipinski definition) is 3. The molecule has 0 amide bonds. The molecule has 0 unspecified atom stereocenters. The van der Waals surface area contributed by atoms with Crippen molar-refractivity contribution in [3.63, 3.8) is 0 Å². The van der Waals surface area contributed by atoms with E-state index in [0.717, 1.165) is 62.3 Å². The molecule has 0 aromatic heterocycles. The summed E-state index contributed by atoms with van der Waals surface area (Å²) in [5, 5.41) is 0. The lowest BCUT2D eigenvalue weighted by Crippen LogP contribution is -2.24. The molecule has 3 heteroatoms. The molecule has 8 aromatic carbocycles. The van der Waals surface area contributed by atoms with Crippen LogP contribution in [0, 0.1) is 0 Å². The molecule has 0 radical (unpaired) electrons. The second-order valence-corrected chi connectivity index (χ2v) is 16.2. The molecule has 0 saturated heterocycles. The molecule has 0 aliphatic carbocycles. The highest BCUT2D eigenvalue weighted by molar-refractivity contribution is 5.84. The summed E-state index contributed by atoms with van der Waals surface area (Å²) in [6, 6.07) is 66.9. The van der Waals surface area contributed by atoms with Gasteiger partial charge >= 0.3 is 0 Å². The van der Waals surface area contributed by atoms with Gasteiger partial charge in [-0.2, -0.15) is 0 Å². The van der Waals surface area contributed by atoms with Crippen molar-refractivity contribution < 1.29 is 9.47 Å². The summed E-state index contributed by atoms with van der Waals surface area (Å²) in [4.78, 5) is 2.33. The van der Waals surface area contributed by atoms with Gasteiger partial charge in [0.15, 0.2) is 0 Å². The van der Waals surface area contributed by atoms with Gasteiger partial charge in [-0.15, -0.1) is 0 Å². The van der Waals surface area contributed by atoms with E-state index in [0.29, 0.717) is 0 Å². The third-order valence-electron chi connectivity index (χ3n) is 12.0. The average Bonchev–Trinajstić information content (AvgIpc) is 3.25. The Balaban J connectivity index is 1.03. The summed E-state index contributed by atoms with van der Waals surface area (Å²) in [5.74, 6) is 3.70. The van der Waals surface area contributed by atoms with Crippen LogP contribution in [0.1, 0.15) is 49.9 Å². The molecule has 0 N–H and O–H groups in total. The van der Waals surface area contributed by atoms with Crippen molar-refractivity contribution in [2.45, 2.75) is 38.5 Å². The van der Waals surface area contributed by atoms with E-state index in [9.17, 15) is 0 Å². The Hall–Kier alpha value is -6.84. The highest BCUT2D eigenvalue weighted by atomic mass is 16.5. The first-order valence-corrected chi connectivity index (χ1v) is 19.8. The molecular formula is C54H43NO2. The highest BCUT2D eigenvalue weighted by Gasteiger charge is 2.36. The van der Waals surface area contributed by atoms with Crippen LogP contribution in [0.2, 0.25) is 0 Å². The van der Waals surface area contributed by atoms with Gasteiger partial charge in [0.1, 0.15) is 23.0 Å². The molecule has 276 valence electrons. The Bertz CT molecular complexity index is 2610. The fraction of sp³-hybridized carbons (Fsp3) is 0.111. The van der Waals surface area contributed by atoms with Crippen molar-refractivity contribution in [3.05, 3.63) is 210 Å². The van der Waals surface area contributed by atoms with E-state index < -0.39 is 0 Å². The quantitative estimate of drug-likeness (QED) is 0.170. The van der Waals surface area contributed by atoms with Gasteiger partial charge in [0.2, 0.25) is 0 Å². The van der Waals surface area contributed by atoms with E-state index in [4.69, 9.17) is 9.47 Å². The van der Waals surface area contributed by atoms with Crippen molar-refractivity contribution in [3.8, 4) is 56.4 Å². The van der Waals surface area contributed by atoms with Gasteiger partial charge in [0.05, 0.1) is 0 Å². The molecule has 0 fully saturated rings. The minimum atomic E-state index is -0.180. The van der Waals surface area contributed by atoms with Crippen LogP contribution in [0.25, 0.3) is 33.4 Å². The van der Waals surface area contributed by atoms with E-state index >= 15 is 0 Å². The Morgan fingerprint density at radius 2 is 0.667 bits per heavy atom. The largest absolute Gasteiger partial charge is 0.456 e. The number of rotatable bonds is 6. The summed E-state index contributed by atoms with van der Waals surface area (Å²) < 4.78 is 13.3. The minimum Gasteiger partial charge on any atom is -0.456 e. The fourth-order valence-corrected chi connectivity index (χ4v) is 8.85. The van der Waals surface area contributed by atoms with Crippen LogP contribution in [0.5, 0.6) is 23.0 Å². The van der Waals surface area contributed by atoms with Crippen LogP contribution >= 0.6 is 0 Å². The topological polar surface area (TPSA) is 21.7 Å². The Morgan fingerprint density at radius 1 is 0.316 bits per heavy atom. The second-order valence-electron chi connectivity index (χ2n) is 16.2. The molecular weight excluding hydrogens is 695 g/mol. The fourth-order valence-electron chi connectivity index (χ4n) is 8.85. The second kappa shape index (κ2) is 13.4. The predicted octanol–water partition coefficient (Wildman–Crippen LogP) is 15.0. The number of fused-ring (bicyclic) bond motifs is 4. The van der Waals surface area contributed by atoms with Gasteiger partial charge in [0.25, 0.3) is 0 Å². The van der Waals surface area contributed by atoms with Gasteiger partial charge < -0.3 is 14.4 Å². The first-order valence-electron chi connectivity index (χ1n) is 19.8. The van der Waals surface area contributed by atoms with Crippen LogP contribution in [0.3, 0.4) is 0 Å². The summed E-state index contributed by atoms with van der Waals surface area (Å²) in [7, 11) is 0. The van der Waals surface area contributed by atoms with Crippen LogP contribution in [0.4, 0.5) is 17.1 Å². The Kier molecular flexibility index (Phi) is 8.16. The Morgan fingerprint density at radius 3 is 1.11 bits per heavy atom. The van der Waals surface area contributed by atoms with E-state index in [1.165, 1.54) is 33.4 Å². The third-order valence-corrected chi connectivity index (χ3v) is 12.0. The molecule has 0 saturated carbocycles. The zero-order valence-corrected chi connectivity index (χ0v) is 32.7. The number of benzene rings is 8. The van der Waals surface area contributed by atoms with Crippen molar-refractivity contribution in [1.82, 2.24) is 0 Å². The van der Waals surface area contributed by atoms with Crippen LogP contribution in [-0.2, 0) is 10.8 Å². The molecule has 3 nitrogen and oxygen atoms in total. The maximum absolute atomic E-state index is 6.65. The lowest BCUT2D eigenvalue weighted by Gasteiger charge is -2.35. The molecule has 0 atom stereocenters. The molecule has 0 spiro atoms. The van der Waals surface area contributed by atoms with Crippen LogP contribution in [-0.4, -0.2) is 0 Å². The molecule has 8 aromatic rings. The van der Waals surface area contributed by atoms with Crippen LogP contribution < -0.4 is 14.4 Å². The number of ether oxygens (including phenoxy) is 2. The van der Waals surface area contributed by atoms with Gasteiger partial charge in [-0.05, 0) is 70.8 Å². The molecule has 57 heavy (non-hydrogen) atoms. The van der Waals surface area contributed by atoms with E-state index in [2.05, 4.69) is 209 Å². The average molecular weight is 738 g/mol. The number of anilines is 3. The first-order chi connectivity index (χ1) is 27.8. The molecule has 10 rings (SSSR count). The van der Waals surface area contributed by atoms with Crippen molar-refractivity contribution in [2.75, 3.05) is 4.90 Å². The summed E-state index contributed by atoms with van der Waals surface area (Å²) in [5.41, 5.74) is 14.4. The van der Waals surface area contributed by atoms with Gasteiger partial charge in [0, 0.05) is 61.3 Å². The summed E-state index contributed by atoms with van der Waals surface area (Å²) in [6.07, 6.45) is 0. The third kappa shape index (κ3) is 5.81. The van der Waals surface area contributed by atoms with Gasteiger partial charge in [-0.1, -0.05) is 167 Å². The van der Waals surface area contributed by atoms with Crippen molar-refractivity contribution in [2.24, 2.45) is 0 Å². The van der Waals surface area contributed by atoms with E-state index in [1.54, 1.807) is 0 Å².